The quantitative estimate of drug-likeness (QED) is 0.390. The van der Waals surface area contributed by atoms with Crippen LogP contribution in [-0.2, 0) is 6.54 Å². The predicted octanol–water partition coefficient (Wildman–Crippen LogP) is 1.82. The summed E-state index contributed by atoms with van der Waals surface area (Å²) in [4.78, 5) is 13.1. The Balaban J connectivity index is 2.38. The van der Waals surface area contributed by atoms with Crippen LogP contribution in [0.2, 0.25) is 0 Å². The van der Waals surface area contributed by atoms with Gasteiger partial charge in [-0.25, -0.2) is 0 Å². The van der Waals surface area contributed by atoms with Gasteiger partial charge in [-0.3, -0.25) is 4.79 Å². The summed E-state index contributed by atoms with van der Waals surface area (Å²) in [5, 5.41) is 11.5. The number of aromatic nitrogens is 1. The summed E-state index contributed by atoms with van der Waals surface area (Å²) in [7, 11) is 0. The lowest BCUT2D eigenvalue weighted by Gasteiger charge is -2.05. The first kappa shape index (κ1) is 12.8. The van der Waals surface area contributed by atoms with Gasteiger partial charge in [-0.15, -0.1) is 11.3 Å². The second-order valence-electron chi connectivity index (χ2n) is 3.55. The molecule has 94 valence electrons. The summed E-state index contributed by atoms with van der Waals surface area (Å²) in [6.45, 7) is 0.460. The number of rotatable bonds is 3. The number of pyridine rings is 1. The van der Waals surface area contributed by atoms with Crippen molar-refractivity contribution in [1.29, 1.82) is 0 Å². The normalized spacial score (nSPS) is 11.7. The van der Waals surface area contributed by atoms with E-state index in [4.69, 9.17) is 10.9 Å². The van der Waals surface area contributed by atoms with E-state index in [1.54, 1.807) is 23.6 Å². The van der Waals surface area contributed by atoms with Gasteiger partial charge in [0.1, 0.15) is 0 Å². The van der Waals surface area contributed by atoms with E-state index >= 15 is 0 Å². The Hall–Kier alpha value is -1.60. The van der Waals surface area contributed by atoms with E-state index in [0.29, 0.717) is 6.54 Å². The largest absolute Gasteiger partial charge is 0.409 e. The Morgan fingerprint density at radius 3 is 2.89 bits per heavy atom. The summed E-state index contributed by atoms with van der Waals surface area (Å²) in [5.41, 5.74) is 5.35. The minimum atomic E-state index is -0.280. The highest BCUT2D eigenvalue weighted by molar-refractivity contribution is 9.11. The van der Waals surface area contributed by atoms with Gasteiger partial charge < -0.3 is 15.5 Å². The van der Waals surface area contributed by atoms with Crippen LogP contribution in [0.3, 0.4) is 0 Å². The smallest absolute Gasteiger partial charge is 0.262 e. The van der Waals surface area contributed by atoms with Crippen molar-refractivity contribution in [2.45, 2.75) is 6.54 Å². The third kappa shape index (κ3) is 2.62. The van der Waals surface area contributed by atoms with Crippen LogP contribution in [0.1, 0.15) is 10.4 Å². The topological polar surface area (TPSA) is 80.6 Å². The van der Waals surface area contributed by atoms with Crippen molar-refractivity contribution < 1.29 is 5.21 Å². The maximum absolute atomic E-state index is 12.1. The first-order valence-electron chi connectivity index (χ1n) is 5.03. The number of nitrogens with two attached hydrogens (primary N) is 1. The molecule has 2 aromatic heterocycles. The fraction of sp³-hybridized carbons (Fsp3) is 0.0909. The summed E-state index contributed by atoms with van der Waals surface area (Å²) < 4.78 is 2.53. The van der Waals surface area contributed by atoms with Crippen LogP contribution in [0.15, 0.2) is 44.2 Å². The molecule has 3 N–H and O–H groups in total. The molecule has 0 saturated carbocycles. The molecule has 2 aromatic rings. The molecule has 0 saturated heterocycles. The number of hydrogen-bond acceptors (Lipinski definition) is 4. The molecule has 0 radical (unpaired) electrons. The average molecular weight is 328 g/mol. The molecule has 0 amide bonds. The molecule has 7 heteroatoms. The second-order valence-corrected chi connectivity index (χ2v) is 6.09. The monoisotopic (exact) mass is 327 g/mol. The molecular weight excluding hydrogens is 318 g/mol. The fourth-order valence-corrected chi connectivity index (χ4v) is 3.00. The average Bonchev–Trinajstić information content (AvgIpc) is 2.76. The van der Waals surface area contributed by atoms with E-state index in [2.05, 4.69) is 21.1 Å². The van der Waals surface area contributed by atoms with Crippen LogP contribution in [0.5, 0.6) is 0 Å². The molecule has 0 bridgehead atoms. The van der Waals surface area contributed by atoms with Gasteiger partial charge in [0.2, 0.25) is 0 Å². The van der Waals surface area contributed by atoms with Crippen LogP contribution in [0.4, 0.5) is 0 Å². The summed E-state index contributed by atoms with van der Waals surface area (Å²) in [6, 6.07) is 7.09. The number of nitrogens with zero attached hydrogens (tertiary/aromatic N) is 2. The first-order chi connectivity index (χ1) is 8.61. The standard InChI is InChI=1S/C11H10BrN3O2S/c12-9-4-3-7(18-9)6-15-5-1-2-8(11(15)16)10(13)14-17/h1-5,17H,6H2,(H2,13,14). The van der Waals surface area contributed by atoms with Crippen molar-refractivity contribution in [2.24, 2.45) is 10.9 Å². The Morgan fingerprint density at radius 1 is 1.50 bits per heavy atom. The Kier molecular flexibility index (Phi) is 3.83. The Labute approximate surface area is 115 Å². The van der Waals surface area contributed by atoms with Gasteiger partial charge in [0.15, 0.2) is 5.84 Å². The molecular formula is C11H10BrN3O2S. The predicted molar refractivity (Wildman–Crippen MR) is 74.3 cm³/mol. The lowest BCUT2D eigenvalue weighted by atomic mass is 10.2. The van der Waals surface area contributed by atoms with Gasteiger partial charge in [-0.2, -0.15) is 0 Å². The van der Waals surface area contributed by atoms with E-state index in [-0.39, 0.29) is 17.0 Å². The van der Waals surface area contributed by atoms with Crippen LogP contribution in [-0.4, -0.2) is 15.6 Å². The number of oxime groups is 1. The van der Waals surface area contributed by atoms with Gasteiger partial charge in [0, 0.05) is 11.1 Å². The molecule has 18 heavy (non-hydrogen) atoms. The van der Waals surface area contributed by atoms with Crippen molar-refractivity contribution in [3.63, 3.8) is 0 Å². The van der Waals surface area contributed by atoms with Gasteiger partial charge in [-0.05, 0) is 40.2 Å². The van der Waals surface area contributed by atoms with Gasteiger partial charge in [0.25, 0.3) is 5.56 Å². The Morgan fingerprint density at radius 2 is 2.28 bits per heavy atom. The van der Waals surface area contributed by atoms with E-state index in [0.717, 1.165) is 8.66 Å². The third-order valence-electron chi connectivity index (χ3n) is 2.36. The lowest BCUT2D eigenvalue weighted by Crippen LogP contribution is -2.29. The van der Waals surface area contributed by atoms with Crippen molar-refractivity contribution in [3.8, 4) is 0 Å². The van der Waals surface area contributed by atoms with Crippen molar-refractivity contribution >= 4 is 33.1 Å². The minimum absolute atomic E-state index is 0.179. The molecule has 0 atom stereocenters. The van der Waals surface area contributed by atoms with E-state index in [1.165, 1.54) is 10.6 Å². The van der Waals surface area contributed by atoms with Crippen molar-refractivity contribution in [3.05, 3.63) is 55.0 Å². The van der Waals surface area contributed by atoms with Gasteiger partial charge in [-0.1, -0.05) is 5.16 Å². The van der Waals surface area contributed by atoms with Gasteiger partial charge >= 0.3 is 0 Å². The number of halogens is 1. The zero-order chi connectivity index (χ0) is 13.1. The van der Waals surface area contributed by atoms with E-state index in [9.17, 15) is 4.79 Å². The molecule has 0 spiro atoms. The molecule has 0 fully saturated rings. The maximum atomic E-state index is 12.1. The van der Waals surface area contributed by atoms with Crippen LogP contribution in [0.25, 0.3) is 0 Å². The molecule has 0 aliphatic heterocycles. The van der Waals surface area contributed by atoms with Crippen molar-refractivity contribution in [2.75, 3.05) is 0 Å². The van der Waals surface area contributed by atoms with Crippen LogP contribution < -0.4 is 11.3 Å². The molecule has 2 rings (SSSR count). The highest BCUT2D eigenvalue weighted by atomic mass is 79.9. The van der Waals surface area contributed by atoms with Crippen LogP contribution in [0, 0.1) is 0 Å². The fourth-order valence-electron chi connectivity index (χ4n) is 1.51. The zero-order valence-electron chi connectivity index (χ0n) is 9.21. The molecule has 5 nitrogen and oxygen atoms in total. The highest BCUT2D eigenvalue weighted by Gasteiger charge is 2.08. The molecule has 0 aliphatic rings. The summed E-state index contributed by atoms with van der Waals surface area (Å²) >= 11 is 4.93. The van der Waals surface area contributed by atoms with Crippen molar-refractivity contribution in [1.82, 2.24) is 4.57 Å². The second kappa shape index (κ2) is 5.36. The minimum Gasteiger partial charge on any atom is -0.409 e. The molecule has 0 aliphatic carbocycles. The first-order valence-corrected chi connectivity index (χ1v) is 6.64. The number of hydrogen-bond donors (Lipinski definition) is 2. The van der Waals surface area contributed by atoms with E-state index < -0.39 is 0 Å². The van der Waals surface area contributed by atoms with Gasteiger partial charge in [0.05, 0.1) is 15.9 Å². The molecule has 0 unspecified atom stereocenters. The highest BCUT2D eigenvalue weighted by Crippen LogP contribution is 2.22. The zero-order valence-corrected chi connectivity index (χ0v) is 11.6. The third-order valence-corrected chi connectivity index (χ3v) is 3.97. The lowest BCUT2D eigenvalue weighted by molar-refractivity contribution is 0.318. The number of thiophene rings is 1. The molecule has 2 heterocycles. The SMILES string of the molecule is N/C(=N/O)c1cccn(Cc2ccc(Br)s2)c1=O. The molecule has 0 aromatic carbocycles. The maximum Gasteiger partial charge on any atom is 0.262 e. The summed E-state index contributed by atoms with van der Waals surface area (Å²) in [5.74, 6) is -0.179. The van der Waals surface area contributed by atoms with Crippen LogP contribution >= 0.6 is 27.3 Å². The van der Waals surface area contributed by atoms with E-state index in [1.807, 2.05) is 12.1 Å². The summed E-state index contributed by atoms with van der Waals surface area (Å²) in [6.07, 6.45) is 1.67. The number of amidine groups is 1. The Bertz CT molecular complexity index is 648.